The Morgan fingerprint density at radius 1 is 1.32 bits per heavy atom. The van der Waals surface area contributed by atoms with Crippen LogP contribution < -0.4 is 10.2 Å². The van der Waals surface area contributed by atoms with Gasteiger partial charge in [0.1, 0.15) is 11.6 Å². The molecule has 8 heteroatoms. The first-order valence-corrected chi connectivity index (χ1v) is 8.74. The highest BCUT2D eigenvalue weighted by molar-refractivity contribution is 6.31. The van der Waals surface area contributed by atoms with Crippen LogP contribution in [0.1, 0.15) is 18.1 Å². The van der Waals surface area contributed by atoms with E-state index in [1.54, 1.807) is 0 Å². The summed E-state index contributed by atoms with van der Waals surface area (Å²) in [6.45, 7) is 1.96. The van der Waals surface area contributed by atoms with E-state index in [1.807, 2.05) is 42.2 Å². The maximum atomic E-state index is 13.0. The van der Waals surface area contributed by atoms with Crippen LogP contribution in [0, 0.1) is 11.3 Å². The topological polar surface area (TPSA) is 56.1 Å². The first-order chi connectivity index (χ1) is 13.2. The Morgan fingerprint density at radius 2 is 2.04 bits per heavy atom. The molecule has 3 rings (SSSR count). The molecule has 1 amide bonds. The molecule has 0 aromatic heterocycles. The van der Waals surface area contributed by atoms with Gasteiger partial charge in [-0.1, -0.05) is 29.8 Å². The summed E-state index contributed by atoms with van der Waals surface area (Å²) in [5.74, 6) is -0.797. The second kappa shape index (κ2) is 7.56. The van der Waals surface area contributed by atoms with E-state index in [4.69, 9.17) is 11.6 Å². The zero-order chi connectivity index (χ0) is 20.5. The van der Waals surface area contributed by atoms with Crippen LogP contribution in [0.25, 0.3) is 0 Å². The van der Waals surface area contributed by atoms with Crippen LogP contribution in [0.15, 0.2) is 54.2 Å². The molecule has 0 bridgehead atoms. The standard InChI is InChI=1S/C20H15ClF3N3O/c1-12-8-13-4-2-3-5-18(13)27(12)11-14(10-25)19(28)26-15-6-7-17(21)16(9-15)20(22,23)24/h2-7,9,11-12H,8H2,1H3,(H,26,28)/b14-11-. The molecule has 1 aliphatic rings. The molecule has 0 spiro atoms. The van der Waals surface area contributed by atoms with E-state index in [9.17, 15) is 23.2 Å². The SMILES string of the molecule is CC1Cc2ccccc2N1/C=C(/C#N)C(=O)Nc1ccc(Cl)c(C(F)(F)F)c1. The van der Waals surface area contributed by atoms with Crippen molar-refractivity contribution in [2.24, 2.45) is 0 Å². The first-order valence-electron chi connectivity index (χ1n) is 8.37. The van der Waals surface area contributed by atoms with Crippen molar-refractivity contribution >= 4 is 28.9 Å². The Balaban J connectivity index is 1.86. The molecule has 4 nitrogen and oxygen atoms in total. The summed E-state index contributed by atoms with van der Waals surface area (Å²) in [4.78, 5) is 14.3. The monoisotopic (exact) mass is 405 g/mol. The lowest BCUT2D eigenvalue weighted by molar-refractivity contribution is -0.137. The number of nitriles is 1. The van der Waals surface area contributed by atoms with Gasteiger partial charge in [-0.05, 0) is 43.2 Å². The van der Waals surface area contributed by atoms with Crippen LogP contribution in [0.3, 0.4) is 0 Å². The van der Waals surface area contributed by atoms with E-state index in [1.165, 1.54) is 12.3 Å². The Bertz CT molecular complexity index is 995. The van der Waals surface area contributed by atoms with Gasteiger partial charge >= 0.3 is 6.18 Å². The number of amides is 1. The summed E-state index contributed by atoms with van der Waals surface area (Å²) in [5.41, 5.74) is 0.610. The van der Waals surface area contributed by atoms with Crippen LogP contribution in [0.2, 0.25) is 5.02 Å². The number of hydrogen-bond donors (Lipinski definition) is 1. The molecule has 1 aliphatic heterocycles. The van der Waals surface area contributed by atoms with E-state index in [0.717, 1.165) is 29.8 Å². The Morgan fingerprint density at radius 3 is 2.71 bits per heavy atom. The van der Waals surface area contributed by atoms with Crippen molar-refractivity contribution < 1.29 is 18.0 Å². The number of rotatable bonds is 3. The Hall–Kier alpha value is -2.98. The molecule has 1 heterocycles. The van der Waals surface area contributed by atoms with Crippen molar-refractivity contribution in [2.75, 3.05) is 10.2 Å². The lowest BCUT2D eigenvalue weighted by Gasteiger charge is -2.20. The van der Waals surface area contributed by atoms with Gasteiger partial charge < -0.3 is 10.2 Å². The van der Waals surface area contributed by atoms with Gasteiger partial charge in [0.15, 0.2) is 0 Å². The van der Waals surface area contributed by atoms with Gasteiger partial charge in [0.05, 0.1) is 10.6 Å². The molecule has 1 N–H and O–H groups in total. The fourth-order valence-electron chi connectivity index (χ4n) is 3.08. The quantitative estimate of drug-likeness (QED) is 0.567. The first kappa shape index (κ1) is 19.8. The summed E-state index contributed by atoms with van der Waals surface area (Å²) in [6.07, 6.45) is -2.47. The van der Waals surface area contributed by atoms with Gasteiger partial charge in [0.25, 0.3) is 5.91 Å². The van der Waals surface area contributed by atoms with Crippen molar-refractivity contribution in [1.82, 2.24) is 0 Å². The van der Waals surface area contributed by atoms with Crippen molar-refractivity contribution in [3.05, 3.63) is 70.4 Å². The number of benzene rings is 2. The minimum Gasteiger partial charge on any atom is -0.343 e. The second-order valence-corrected chi connectivity index (χ2v) is 6.80. The molecule has 0 radical (unpaired) electrons. The van der Waals surface area contributed by atoms with E-state index in [0.29, 0.717) is 0 Å². The van der Waals surface area contributed by atoms with E-state index in [-0.39, 0.29) is 17.3 Å². The third kappa shape index (κ3) is 3.97. The van der Waals surface area contributed by atoms with Gasteiger partial charge in [0, 0.05) is 23.6 Å². The van der Waals surface area contributed by atoms with Gasteiger partial charge in [-0.3, -0.25) is 4.79 Å². The molecular weight excluding hydrogens is 391 g/mol. The third-order valence-electron chi connectivity index (χ3n) is 4.42. The summed E-state index contributed by atoms with van der Waals surface area (Å²) in [6, 6.07) is 12.5. The number of nitrogens with one attached hydrogen (secondary N) is 1. The van der Waals surface area contributed by atoms with Crippen molar-refractivity contribution in [3.8, 4) is 6.07 Å². The number of anilines is 2. The smallest absolute Gasteiger partial charge is 0.343 e. The van der Waals surface area contributed by atoms with Gasteiger partial charge in [0.2, 0.25) is 0 Å². The molecule has 0 saturated heterocycles. The predicted octanol–water partition coefficient (Wildman–Crippen LogP) is 5.16. The molecule has 1 atom stereocenters. The molecule has 0 fully saturated rings. The van der Waals surface area contributed by atoms with Crippen molar-refractivity contribution in [1.29, 1.82) is 5.26 Å². The zero-order valence-electron chi connectivity index (χ0n) is 14.7. The maximum absolute atomic E-state index is 13.0. The minimum atomic E-state index is -4.65. The fourth-order valence-corrected chi connectivity index (χ4v) is 3.31. The van der Waals surface area contributed by atoms with Crippen molar-refractivity contribution in [2.45, 2.75) is 25.6 Å². The summed E-state index contributed by atoms with van der Waals surface area (Å²) >= 11 is 5.58. The molecular formula is C20H15ClF3N3O. The number of hydrogen-bond acceptors (Lipinski definition) is 3. The molecule has 0 aliphatic carbocycles. The number of fused-ring (bicyclic) bond motifs is 1. The molecule has 28 heavy (non-hydrogen) atoms. The van der Waals surface area contributed by atoms with Crippen LogP contribution in [0.4, 0.5) is 24.5 Å². The average molecular weight is 406 g/mol. The van der Waals surface area contributed by atoms with E-state index in [2.05, 4.69) is 5.32 Å². The molecule has 144 valence electrons. The number of carbonyl (C=O) groups excluding carboxylic acids is 1. The Labute approximate surface area is 164 Å². The highest BCUT2D eigenvalue weighted by Crippen LogP contribution is 2.36. The number of alkyl halides is 3. The summed E-state index contributed by atoms with van der Waals surface area (Å²) in [5, 5.41) is 11.3. The molecule has 2 aromatic rings. The maximum Gasteiger partial charge on any atom is 0.417 e. The van der Waals surface area contributed by atoms with Crippen LogP contribution >= 0.6 is 11.6 Å². The number of nitrogens with zero attached hydrogens (tertiary/aromatic N) is 2. The van der Waals surface area contributed by atoms with Crippen molar-refractivity contribution in [3.63, 3.8) is 0 Å². The second-order valence-electron chi connectivity index (χ2n) is 6.39. The molecule has 0 saturated carbocycles. The minimum absolute atomic E-state index is 0.0425. The van der Waals surface area contributed by atoms with Crippen LogP contribution in [0.5, 0.6) is 0 Å². The van der Waals surface area contributed by atoms with Gasteiger partial charge in [-0.15, -0.1) is 0 Å². The van der Waals surface area contributed by atoms with E-state index < -0.39 is 22.7 Å². The van der Waals surface area contributed by atoms with Crippen LogP contribution in [-0.2, 0) is 17.4 Å². The van der Waals surface area contributed by atoms with Gasteiger partial charge in [-0.25, -0.2) is 0 Å². The summed E-state index contributed by atoms with van der Waals surface area (Å²) < 4.78 is 38.9. The Kier molecular flexibility index (Phi) is 5.34. The summed E-state index contributed by atoms with van der Waals surface area (Å²) in [7, 11) is 0. The lowest BCUT2D eigenvalue weighted by atomic mass is 10.1. The fraction of sp³-hybridized carbons (Fsp3) is 0.200. The number of halogens is 4. The van der Waals surface area contributed by atoms with E-state index >= 15 is 0 Å². The molecule has 1 unspecified atom stereocenters. The predicted molar refractivity (Wildman–Crippen MR) is 101 cm³/mol. The number of para-hydroxylation sites is 1. The number of carbonyl (C=O) groups is 1. The third-order valence-corrected chi connectivity index (χ3v) is 4.75. The zero-order valence-corrected chi connectivity index (χ0v) is 15.5. The molecule has 2 aromatic carbocycles. The van der Waals surface area contributed by atoms with Gasteiger partial charge in [-0.2, -0.15) is 18.4 Å². The highest BCUT2D eigenvalue weighted by atomic mass is 35.5. The largest absolute Gasteiger partial charge is 0.417 e. The average Bonchev–Trinajstić information content (AvgIpc) is 2.95. The van der Waals surface area contributed by atoms with Crippen LogP contribution in [-0.4, -0.2) is 11.9 Å². The highest BCUT2D eigenvalue weighted by Gasteiger charge is 2.33. The normalized spacial score (nSPS) is 16.5. The lowest BCUT2D eigenvalue weighted by Crippen LogP contribution is -2.26.